The van der Waals surface area contributed by atoms with E-state index in [0.29, 0.717) is 11.5 Å². The molecule has 1 aromatic rings. The standard InChI is InChI=1S/C15H27N3/c1-5-18-14(15(2,3)4)8-6-7-12-11-17-10-9-13(12)16/h9-11,14,18H,5-8H2,1-4H3,(H2,16,17). The van der Waals surface area contributed by atoms with Crippen LogP contribution in [0.4, 0.5) is 5.69 Å². The Morgan fingerprint density at radius 3 is 2.67 bits per heavy atom. The van der Waals surface area contributed by atoms with Gasteiger partial charge in [0.05, 0.1) is 0 Å². The normalized spacial score (nSPS) is 13.6. The SMILES string of the molecule is CCNC(CCCc1cnccc1N)C(C)(C)C. The molecule has 1 atom stereocenters. The number of pyridine rings is 1. The molecule has 0 aliphatic rings. The zero-order valence-electron chi connectivity index (χ0n) is 12.2. The van der Waals surface area contributed by atoms with E-state index in [2.05, 4.69) is 38.0 Å². The summed E-state index contributed by atoms with van der Waals surface area (Å²) in [6.07, 6.45) is 6.96. The van der Waals surface area contributed by atoms with E-state index < -0.39 is 0 Å². The highest BCUT2D eigenvalue weighted by Crippen LogP contribution is 2.24. The van der Waals surface area contributed by atoms with Gasteiger partial charge in [0.15, 0.2) is 0 Å². The topological polar surface area (TPSA) is 50.9 Å². The van der Waals surface area contributed by atoms with Crippen molar-refractivity contribution in [1.29, 1.82) is 0 Å². The van der Waals surface area contributed by atoms with Gasteiger partial charge in [-0.25, -0.2) is 0 Å². The highest BCUT2D eigenvalue weighted by atomic mass is 14.9. The van der Waals surface area contributed by atoms with Gasteiger partial charge in [0.2, 0.25) is 0 Å². The summed E-state index contributed by atoms with van der Waals surface area (Å²) in [5, 5.41) is 3.58. The number of aromatic nitrogens is 1. The molecule has 0 amide bonds. The Morgan fingerprint density at radius 2 is 2.11 bits per heavy atom. The summed E-state index contributed by atoms with van der Waals surface area (Å²) in [5.41, 5.74) is 8.26. The van der Waals surface area contributed by atoms with Gasteiger partial charge in [-0.2, -0.15) is 0 Å². The van der Waals surface area contributed by atoms with Gasteiger partial charge in [-0.05, 0) is 42.9 Å². The maximum atomic E-state index is 5.93. The molecule has 0 bridgehead atoms. The Morgan fingerprint density at radius 1 is 1.39 bits per heavy atom. The molecule has 0 spiro atoms. The highest BCUT2D eigenvalue weighted by molar-refractivity contribution is 5.44. The molecule has 1 rings (SSSR count). The van der Waals surface area contributed by atoms with E-state index in [4.69, 9.17) is 5.73 Å². The zero-order valence-corrected chi connectivity index (χ0v) is 12.2. The second-order valence-electron chi connectivity index (χ2n) is 5.94. The summed E-state index contributed by atoms with van der Waals surface area (Å²) in [6, 6.07) is 2.43. The molecule has 1 aromatic heterocycles. The third-order valence-corrected chi connectivity index (χ3v) is 3.38. The number of hydrogen-bond donors (Lipinski definition) is 2. The summed E-state index contributed by atoms with van der Waals surface area (Å²) in [5.74, 6) is 0. The number of anilines is 1. The quantitative estimate of drug-likeness (QED) is 0.815. The molecular formula is C15H27N3. The van der Waals surface area contributed by atoms with E-state index >= 15 is 0 Å². The highest BCUT2D eigenvalue weighted by Gasteiger charge is 2.22. The first-order chi connectivity index (χ1) is 8.45. The Kier molecular flexibility index (Phi) is 5.60. The molecule has 3 nitrogen and oxygen atoms in total. The van der Waals surface area contributed by atoms with Gasteiger partial charge in [-0.15, -0.1) is 0 Å². The first kappa shape index (κ1) is 15.0. The molecule has 3 heteroatoms. The molecule has 1 heterocycles. The summed E-state index contributed by atoms with van der Waals surface area (Å²) in [4.78, 5) is 4.13. The molecule has 0 saturated carbocycles. The van der Waals surface area contributed by atoms with Gasteiger partial charge in [-0.3, -0.25) is 4.98 Å². The van der Waals surface area contributed by atoms with Crippen molar-refractivity contribution in [3.63, 3.8) is 0 Å². The Hall–Kier alpha value is -1.09. The second kappa shape index (κ2) is 6.74. The molecule has 0 aliphatic heterocycles. The van der Waals surface area contributed by atoms with Gasteiger partial charge in [0, 0.05) is 24.1 Å². The first-order valence-electron chi connectivity index (χ1n) is 6.87. The van der Waals surface area contributed by atoms with Crippen LogP contribution in [0.2, 0.25) is 0 Å². The summed E-state index contributed by atoms with van der Waals surface area (Å²) in [6.45, 7) is 10.1. The second-order valence-corrected chi connectivity index (χ2v) is 5.94. The van der Waals surface area contributed by atoms with Crippen LogP contribution in [-0.2, 0) is 6.42 Å². The van der Waals surface area contributed by atoms with Gasteiger partial charge < -0.3 is 11.1 Å². The van der Waals surface area contributed by atoms with Crippen LogP contribution in [0.1, 0.15) is 46.1 Å². The predicted octanol–water partition coefficient (Wildman–Crippen LogP) is 3.01. The zero-order chi connectivity index (χ0) is 13.6. The molecule has 18 heavy (non-hydrogen) atoms. The predicted molar refractivity (Wildman–Crippen MR) is 78.5 cm³/mol. The van der Waals surface area contributed by atoms with E-state index in [0.717, 1.165) is 25.1 Å². The maximum absolute atomic E-state index is 5.93. The number of aryl methyl sites for hydroxylation is 1. The smallest absolute Gasteiger partial charge is 0.0377 e. The lowest BCUT2D eigenvalue weighted by molar-refractivity contribution is 0.254. The van der Waals surface area contributed by atoms with Crippen LogP contribution in [-0.4, -0.2) is 17.6 Å². The van der Waals surface area contributed by atoms with Crippen LogP contribution in [0, 0.1) is 5.41 Å². The van der Waals surface area contributed by atoms with Gasteiger partial charge in [-0.1, -0.05) is 27.7 Å². The van der Waals surface area contributed by atoms with Crippen molar-refractivity contribution in [1.82, 2.24) is 10.3 Å². The fraction of sp³-hybridized carbons (Fsp3) is 0.667. The van der Waals surface area contributed by atoms with Crippen LogP contribution in [0.25, 0.3) is 0 Å². The Balaban J connectivity index is 2.47. The minimum Gasteiger partial charge on any atom is -0.398 e. The molecule has 0 saturated heterocycles. The van der Waals surface area contributed by atoms with Crippen molar-refractivity contribution in [2.24, 2.45) is 5.41 Å². The molecule has 0 fully saturated rings. The van der Waals surface area contributed by atoms with E-state index in [1.54, 1.807) is 6.20 Å². The minimum atomic E-state index is 0.302. The Bertz CT molecular complexity index is 355. The third-order valence-electron chi connectivity index (χ3n) is 3.38. The molecule has 1 unspecified atom stereocenters. The van der Waals surface area contributed by atoms with Gasteiger partial charge in [0.25, 0.3) is 0 Å². The van der Waals surface area contributed by atoms with Gasteiger partial charge in [0.1, 0.15) is 0 Å². The number of rotatable bonds is 6. The lowest BCUT2D eigenvalue weighted by atomic mass is 9.83. The largest absolute Gasteiger partial charge is 0.398 e. The monoisotopic (exact) mass is 249 g/mol. The Labute approximate surface area is 111 Å². The van der Waals surface area contributed by atoms with Crippen molar-refractivity contribution >= 4 is 5.69 Å². The third kappa shape index (κ3) is 4.65. The van der Waals surface area contributed by atoms with Crippen molar-refractivity contribution in [2.45, 2.75) is 53.0 Å². The molecule has 0 radical (unpaired) electrons. The average Bonchev–Trinajstić information content (AvgIpc) is 2.29. The molecule has 0 aromatic carbocycles. The number of hydrogen-bond acceptors (Lipinski definition) is 3. The number of nitrogen functional groups attached to an aromatic ring is 1. The van der Waals surface area contributed by atoms with E-state index in [9.17, 15) is 0 Å². The average molecular weight is 249 g/mol. The van der Waals surface area contributed by atoms with E-state index in [-0.39, 0.29) is 0 Å². The van der Waals surface area contributed by atoms with Crippen molar-refractivity contribution < 1.29 is 0 Å². The lowest BCUT2D eigenvalue weighted by Crippen LogP contribution is -2.40. The van der Waals surface area contributed by atoms with Crippen molar-refractivity contribution in [2.75, 3.05) is 12.3 Å². The molecule has 102 valence electrons. The van der Waals surface area contributed by atoms with Crippen LogP contribution in [0.5, 0.6) is 0 Å². The van der Waals surface area contributed by atoms with E-state index in [1.807, 2.05) is 12.3 Å². The summed E-state index contributed by atoms with van der Waals surface area (Å²) >= 11 is 0. The minimum absolute atomic E-state index is 0.302. The number of nitrogens with two attached hydrogens (primary N) is 1. The molecule has 3 N–H and O–H groups in total. The molecular weight excluding hydrogens is 222 g/mol. The fourth-order valence-electron chi connectivity index (χ4n) is 2.23. The summed E-state index contributed by atoms with van der Waals surface area (Å²) in [7, 11) is 0. The van der Waals surface area contributed by atoms with Crippen LogP contribution < -0.4 is 11.1 Å². The number of nitrogens with zero attached hydrogens (tertiary/aromatic N) is 1. The summed E-state index contributed by atoms with van der Waals surface area (Å²) < 4.78 is 0. The molecule has 0 aliphatic carbocycles. The van der Waals surface area contributed by atoms with Crippen molar-refractivity contribution in [3.8, 4) is 0 Å². The van der Waals surface area contributed by atoms with Crippen LogP contribution in [0.15, 0.2) is 18.5 Å². The first-order valence-corrected chi connectivity index (χ1v) is 6.87. The van der Waals surface area contributed by atoms with Crippen molar-refractivity contribution in [3.05, 3.63) is 24.0 Å². The van der Waals surface area contributed by atoms with Crippen LogP contribution in [0.3, 0.4) is 0 Å². The maximum Gasteiger partial charge on any atom is 0.0377 e. The van der Waals surface area contributed by atoms with E-state index in [1.165, 1.54) is 12.0 Å². The van der Waals surface area contributed by atoms with Gasteiger partial charge >= 0.3 is 0 Å². The van der Waals surface area contributed by atoms with Crippen LogP contribution >= 0.6 is 0 Å². The fourth-order valence-corrected chi connectivity index (χ4v) is 2.23. The number of nitrogens with one attached hydrogen (secondary N) is 1. The lowest BCUT2D eigenvalue weighted by Gasteiger charge is -2.31.